The smallest absolute Gasteiger partial charge is 0.199 e. The summed E-state index contributed by atoms with van der Waals surface area (Å²) in [6.45, 7) is -0.914. The average Bonchev–Trinajstić information content (AvgIpc) is 3.02. The fraction of sp³-hybridized carbons (Fsp3) is 1.00. The van der Waals surface area contributed by atoms with Gasteiger partial charge in [0, 0.05) is 5.92 Å². The molecule has 368 valence electrons. The van der Waals surface area contributed by atoms with Crippen LogP contribution in [0.25, 0.3) is 0 Å². The summed E-state index contributed by atoms with van der Waals surface area (Å²) in [4.78, 5) is 0. The second kappa shape index (κ2) is 13.9. The normalized spacial score (nSPS) is 17.4. The quantitative estimate of drug-likeness (QED) is 0.120. The maximum absolute atomic E-state index is 14.0. The van der Waals surface area contributed by atoms with Gasteiger partial charge in [-0.3, -0.25) is 0 Å². The number of hydrogen-bond donors (Lipinski definition) is 0. The van der Waals surface area contributed by atoms with Crippen molar-refractivity contribution in [3.63, 3.8) is 0 Å². The van der Waals surface area contributed by atoms with Crippen molar-refractivity contribution < 1.29 is 171 Å². The molecule has 39 heteroatoms. The maximum atomic E-state index is 14.0. The molecular weight excluding hydrogens is 1010 g/mol. The van der Waals surface area contributed by atoms with E-state index in [9.17, 15) is 171 Å². The first-order valence-electron chi connectivity index (χ1n) is 13.3. The second-order valence-corrected chi connectivity index (χ2v) is 12.0. The summed E-state index contributed by atoms with van der Waals surface area (Å²) < 4.78 is 530. The van der Waals surface area contributed by atoms with Crippen LogP contribution in [0, 0.1) is 5.92 Å². The van der Waals surface area contributed by atoms with Crippen molar-refractivity contribution in [3.8, 4) is 0 Å². The Morgan fingerprint density at radius 2 is 0.262 bits per heavy atom. The van der Waals surface area contributed by atoms with Crippen LogP contribution in [-0.4, -0.2) is 113 Å². The molecule has 0 bridgehead atoms. The van der Waals surface area contributed by atoms with Gasteiger partial charge in [0.05, 0.1) is 0 Å². The van der Waals surface area contributed by atoms with Gasteiger partial charge in [-0.15, -0.1) is 0 Å². The first-order valence-corrected chi connectivity index (χ1v) is 13.3. The Morgan fingerprint density at radius 1 is 0.164 bits per heavy atom. The average molecular weight is 1010 g/mol. The Morgan fingerprint density at radius 3 is 0.361 bits per heavy atom. The predicted molar refractivity (Wildman–Crippen MR) is 110 cm³/mol. The number of hydrogen-bond acceptors (Lipinski definition) is 0. The van der Waals surface area contributed by atoms with Crippen molar-refractivity contribution in [1.82, 2.24) is 0 Å². The van der Waals surface area contributed by atoms with Crippen molar-refractivity contribution >= 4 is 0 Å². The minimum Gasteiger partial charge on any atom is -0.199 e. The maximum Gasteiger partial charge on any atom is 0.460 e. The SMILES string of the molecule is CC(C)C(F)(F)C(F)(F)C(F)(F)C(F)(F)C(F)(F)C(F)(F)C(F)(F)C(F)(F)C(F)(F)C(F)(F)C(F)(F)C(F)(F)C(F)(F)C(F)(F)C(F)(F)C(F)(F)C(F)(F)C(F)(F)C(F)(F)F. The summed E-state index contributed by atoms with van der Waals surface area (Å²) in [6, 6.07) is 0. The number of rotatable bonds is 18. The van der Waals surface area contributed by atoms with Gasteiger partial charge in [0.1, 0.15) is 0 Å². The van der Waals surface area contributed by atoms with Gasteiger partial charge in [-0.2, -0.15) is 171 Å². The van der Waals surface area contributed by atoms with Crippen LogP contribution in [0.3, 0.4) is 0 Å². The van der Waals surface area contributed by atoms with Gasteiger partial charge in [-0.1, -0.05) is 13.8 Å². The molecule has 0 aromatic heterocycles. The molecule has 0 aromatic rings. The van der Waals surface area contributed by atoms with Crippen LogP contribution >= 0.6 is 0 Å². The zero-order chi connectivity index (χ0) is 51.1. The van der Waals surface area contributed by atoms with Gasteiger partial charge in [0.2, 0.25) is 0 Å². The highest BCUT2D eigenvalue weighted by molar-refractivity contribution is 5.23. The van der Waals surface area contributed by atoms with E-state index in [1.165, 1.54) is 0 Å². The highest BCUT2D eigenvalue weighted by Gasteiger charge is 3.03. The molecule has 0 amide bonds. The van der Waals surface area contributed by atoms with Crippen molar-refractivity contribution in [2.24, 2.45) is 5.92 Å². The summed E-state index contributed by atoms with van der Waals surface area (Å²) in [6.07, 6.45) is -8.49. The van der Waals surface area contributed by atoms with E-state index in [4.69, 9.17) is 0 Å². The third kappa shape index (κ3) is 6.40. The van der Waals surface area contributed by atoms with Crippen LogP contribution in [0.2, 0.25) is 0 Å². The van der Waals surface area contributed by atoms with Crippen LogP contribution < -0.4 is 0 Å². The minimum absolute atomic E-state index is 0.457. The lowest BCUT2D eigenvalue weighted by Gasteiger charge is -2.47. The van der Waals surface area contributed by atoms with Crippen molar-refractivity contribution in [2.45, 2.75) is 127 Å². The van der Waals surface area contributed by atoms with E-state index < -0.39 is 133 Å². The lowest BCUT2D eigenvalue weighted by Crippen LogP contribution is -2.80. The lowest BCUT2D eigenvalue weighted by molar-refractivity contribution is -0.495. The van der Waals surface area contributed by atoms with E-state index in [1.807, 2.05) is 0 Å². The van der Waals surface area contributed by atoms with E-state index >= 15 is 0 Å². The van der Waals surface area contributed by atoms with Crippen molar-refractivity contribution in [3.05, 3.63) is 0 Å². The molecule has 0 nitrogen and oxygen atoms in total. The Balaban J connectivity index is 7.95. The second-order valence-electron chi connectivity index (χ2n) is 12.0. The molecule has 0 aliphatic rings. The van der Waals surface area contributed by atoms with Gasteiger partial charge in [0.25, 0.3) is 0 Å². The lowest BCUT2D eigenvalue weighted by atomic mass is 9.81. The molecule has 0 rings (SSSR count). The fourth-order valence-corrected chi connectivity index (χ4v) is 3.71. The highest BCUT2D eigenvalue weighted by atomic mass is 19.4. The molecule has 0 saturated carbocycles. The summed E-state index contributed by atoms with van der Waals surface area (Å²) in [5, 5.41) is 0. The molecule has 0 radical (unpaired) electrons. The van der Waals surface area contributed by atoms with Gasteiger partial charge in [-0.05, 0) is 0 Å². The molecular formula is C22H7F39. The zero-order valence-corrected chi connectivity index (χ0v) is 26.8. The predicted octanol–water partition coefficient (Wildman–Crippen LogP) is 13.6. The largest absolute Gasteiger partial charge is 0.460 e. The number of alkyl halides is 39. The van der Waals surface area contributed by atoms with E-state index in [1.54, 1.807) is 0 Å². The van der Waals surface area contributed by atoms with Crippen LogP contribution in [0.1, 0.15) is 13.8 Å². The molecule has 0 atom stereocenters. The Bertz CT molecular complexity index is 1580. The van der Waals surface area contributed by atoms with E-state index in [2.05, 4.69) is 0 Å². The van der Waals surface area contributed by atoms with Gasteiger partial charge in [-0.25, -0.2) is 0 Å². The third-order valence-electron chi connectivity index (χ3n) is 7.81. The molecule has 61 heavy (non-hydrogen) atoms. The van der Waals surface area contributed by atoms with E-state index in [0.29, 0.717) is 0 Å². The van der Waals surface area contributed by atoms with Gasteiger partial charge < -0.3 is 0 Å². The first-order chi connectivity index (χ1) is 25.4. The molecule has 0 saturated heterocycles. The summed E-state index contributed by atoms with van der Waals surface area (Å²) in [5.74, 6) is -180. The number of halogens is 39. The molecule has 0 fully saturated rings. The third-order valence-corrected chi connectivity index (χ3v) is 7.81. The first kappa shape index (κ1) is 58.3. The molecule has 0 aromatic carbocycles. The van der Waals surface area contributed by atoms with Crippen LogP contribution in [0.15, 0.2) is 0 Å². The Hall–Kier alpha value is -2.73. The monoisotopic (exact) mass is 1010 g/mol. The van der Waals surface area contributed by atoms with E-state index in [-0.39, 0.29) is 0 Å². The molecule has 0 heterocycles. The highest BCUT2D eigenvalue weighted by Crippen LogP contribution is 2.71. The molecule has 0 aliphatic carbocycles. The molecule has 0 aliphatic heterocycles. The standard InChI is InChI=1S/C22H7F39/c1-3(2)4(23,24)5(25,26)6(27,28)7(29,30)8(31,32)9(33,34)10(35,36)11(37,38)12(39,40)13(41,42)14(43,44)15(45,46)16(47,48)17(49,50)18(51,52)19(53,54)20(55,56)21(57,58)22(59,60)61/h3H,1-2H3. The van der Waals surface area contributed by atoms with Crippen LogP contribution in [0.5, 0.6) is 0 Å². The van der Waals surface area contributed by atoms with Crippen molar-refractivity contribution in [2.75, 3.05) is 0 Å². The fourth-order valence-electron chi connectivity index (χ4n) is 3.71. The topological polar surface area (TPSA) is 0 Å². The van der Waals surface area contributed by atoms with Crippen LogP contribution in [0.4, 0.5) is 171 Å². The Kier molecular flexibility index (Phi) is 13.3. The minimum atomic E-state index is -10.5. The van der Waals surface area contributed by atoms with Crippen molar-refractivity contribution in [1.29, 1.82) is 0 Å². The Labute approximate surface area is 305 Å². The molecule has 0 spiro atoms. The summed E-state index contributed by atoms with van der Waals surface area (Å²) >= 11 is 0. The summed E-state index contributed by atoms with van der Waals surface area (Å²) in [7, 11) is 0. The van der Waals surface area contributed by atoms with Gasteiger partial charge >= 0.3 is 113 Å². The zero-order valence-electron chi connectivity index (χ0n) is 26.8. The summed E-state index contributed by atoms with van der Waals surface area (Å²) in [5.41, 5.74) is 0. The van der Waals surface area contributed by atoms with Crippen LogP contribution in [-0.2, 0) is 0 Å². The van der Waals surface area contributed by atoms with Gasteiger partial charge in [0.15, 0.2) is 0 Å². The molecule has 0 N–H and O–H groups in total. The molecule has 0 unspecified atom stereocenters. The van der Waals surface area contributed by atoms with E-state index in [0.717, 1.165) is 0 Å².